The SMILES string of the molecule is COc1ccc([C@H](CC(=O)N[C@@H](C)CCc2ccccc2)NS(C)(=O)=O)cc1. The Morgan fingerprint density at radius 1 is 1.07 bits per heavy atom. The van der Waals surface area contributed by atoms with Crippen molar-refractivity contribution in [2.75, 3.05) is 13.4 Å². The average molecular weight is 405 g/mol. The van der Waals surface area contributed by atoms with Gasteiger partial charge in [-0.3, -0.25) is 4.79 Å². The molecule has 0 fully saturated rings. The molecule has 0 saturated carbocycles. The van der Waals surface area contributed by atoms with Gasteiger partial charge in [-0.2, -0.15) is 0 Å². The first-order valence-electron chi connectivity index (χ1n) is 9.21. The van der Waals surface area contributed by atoms with Gasteiger partial charge in [-0.25, -0.2) is 13.1 Å². The number of ether oxygens (including phenoxy) is 1. The van der Waals surface area contributed by atoms with Gasteiger partial charge in [0.05, 0.1) is 19.4 Å². The Balaban J connectivity index is 1.96. The molecule has 0 aliphatic carbocycles. The van der Waals surface area contributed by atoms with Gasteiger partial charge in [-0.15, -0.1) is 0 Å². The summed E-state index contributed by atoms with van der Waals surface area (Å²) < 4.78 is 31.1. The molecule has 0 aromatic heterocycles. The highest BCUT2D eigenvalue weighted by Crippen LogP contribution is 2.21. The number of methoxy groups -OCH3 is 1. The van der Waals surface area contributed by atoms with E-state index in [0.717, 1.165) is 19.1 Å². The topological polar surface area (TPSA) is 84.5 Å². The number of carbonyl (C=O) groups is 1. The molecule has 0 radical (unpaired) electrons. The van der Waals surface area contributed by atoms with E-state index in [0.29, 0.717) is 11.3 Å². The maximum absolute atomic E-state index is 12.5. The van der Waals surface area contributed by atoms with Crippen LogP contribution >= 0.6 is 0 Å². The molecule has 2 atom stereocenters. The van der Waals surface area contributed by atoms with Gasteiger partial charge < -0.3 is 10.1 Å². The molecular weight excluding hydrogens is 376 g/mol. The van der Waals surface area contributed by atoms with Crippen LogP contribution in [0.25, 0.3) is 0 Å². The van der Waals surface area contributed by atoms with Crippen molar-refractivity contribution in [3.8, 4) is 5.75 Å². The quantitative estimate of drug-likeness (QED) is 0.638. The fourth-order valence-corrected chi connectivity index (χ4v) is 3.68. The van der Waals surface area contributed by atoms with Crippen LogP contribution in [-0.2, 0) is 21.2 Å². The van der Waals surface area contributed by atoms with Gasteiger partial charge in [0.25, 0.3) is 0 Å². The van der Waals surface area contributed by atoms with Crippen molar-refractivity contribution >= 4 is 15.9 Å². The molecule has 2 aromatic rings. The second-order valence-electron chi connectivity index (χ2n) is 6.91. The number of carbonyl (C=O) groups excluding carboxylic acids is 1. The molecule has 2 aromatic carbocycles. The number of rotatable bonds is 10. The minimum absolute atomic E-state index is 0.0116. The molecule has 0 unspecified atom stereocenters. The molecule has 0 bridgehead atoms. The van der Waals surface area contributed by atoms with E-state index in [1.54, 1.807) is 31.4 Å². The first-order chi connectivity index (χ1) is 13.3. The van der Waals surface area contributed by atoms with Crippen molar-refractivity contribution < 1.29 is 17.9 Å². The molecule has 28 heavy (non-hydrogen) atoms. The fourth-order valence-electron chi connectivity index (χ4n) is 2.94. The van der Waals surface area contributed by atoms with Crippen LogP contribution in [0.4, 0.5) is 0 Å². The van der Waals surface area contributed by atoms with Crippen LogP contribution in [0, 0.1) is 0 Å². The van der Waals surface area contributed by atoms with Crippen molar-refractivity contribution in [2.24, 2.45) is 0 Å². The molecule has 0 heterocycles. The Morgan fingerprint density at radius 3 is 2.29 bits per heavy atom. The van der Waals surface area contributed by atoms with Gasteiger partial charge in [0.1, 0.15) is 5.75 Å². The van der Waals surface area contributed by atoms with Crippen LogP contribution < -0.4 is 14.8 Å². The summed E-state index contributed by atoms with van der Waals surface area (Å²) in [6.45, 7) is 1.95. The van der Waals surface area contributed by atoms with Gasteiger partial charge in [-0.05, 0) is 43.0 Å². The molecule has 0 aliphatic heterocycles. The van der Waals surface area contributed by atoms with Crippen LogP contribution in [0.2, 0.25) is 0 Å². The maximum atomic E-state index is 12.5. The zero-order valence-electron chi connectivity index (χ0n) is 16.5. The standard InChI is InChI=1S/C21H28N2O4S/c1-16(9-10-17-7-5-4-6-8-17)22-21(24)15-20(23-28(3,25)26)18-11-13-19(27-2)14-12-18/h4-8,11-14,16,20,23H,9-10,15H2,1-3H3,(H,22,24)/t16-,20-/m0/s1. The maximum Gasteiger partial charge on any atom is 0.222 e. The van der Waals surface area contributed by atoms with Crippen molar-refractivity contribution in [1.29, 1.82) is 0 Å². The summed E-state index contributed by atoms with van der Waals surface area (Å²) in [5, 5.41) is 2.96. The van der Waals surface area contributed by atoms with Gasteiger partial charge in [0.15, 0.2) is 0 Å². The number of hydrogen-bond acceptors (Lipinski definition) is 4. The average Bonchev–Trinajstić information content (AvgIpc) is 2.65. The van der Waals surface area contributed by atoms with Crippen LogP contribution in [0.3, 0.4) is 0 Å². The van der Waals surface area contributed by atoms with E-state index in [1.165, 1.54) is 5.56 Å². The number of aryl methyl sites for hydroxylation is 1. The number of nitrogens with one attached hydrogen (secondary N) is 2. The third-order valence-electron chi connectivity index (χ3n) is 4.38. The minimum Gasteiger partial charge on any atom is -0.497 e. The Morgan fingerprint density at radius 2 is 1.71 bits per heavy atom. The van der Waals surface area contributed by atoms with E-state index < -0.39 is 16.1 Å². The monoisotopic (exact) mass is 404 g/mol. The Labute approximate surface area is 167 Å². The van der Waals surface area contributed by atoms with Gasteiger partial charge in [0, 0.05) is 12.5 Å². The number of amides is 1. The second-order valence-corrected chi connectivity index (χ2v) is 8.69. The second kappa shape index (κ2) is 10.2. The third-order valence-corrected chi connectivity index (χ3v) is 5.09. The van der Waals surface area contributed by atoms with Gasteiger partial charge in [-0.1, -0.05) is 42.5 Å². The van der Waals surface area contributed by atoms with E-state index in [1.807, 2.05) is 25.1 Å². The molecule has 0 aliphatic rings. The van der Waals surface area contributed by atoms with E-state index in [4.69, 9.17) is 4.74 Å². The predicted octanol–water partition coefficient (Wildman–Crippen LogP) is 2.81. The first-order valence-corrected chi connectivity index (χ1v) is 11.1. The molecule has 7 heteroatoms. The number of benzene rings is 2. The highest BCUT2D eigenvalue weighted by atomic mass is 32.2. The molecule has 0 saturated heterocycles. The summed E-state index contributed by atoms with van der Waals surface area (Å²) in [7, 11) is -1.91. The van der Waals surface area contributed by atoms with Crippen LogP contribution in [0.15, 0.2) is 54.6 Å². The van der Waals surface area contributed by atoms with Crippen molar-refractivity contribution in [2.45, 2.75) is 38.3 Å². The summed E-state index contributed by atoms with van der Waals surface area (Å²) >= 11 is 0. The van der Waals surface area contributed by atoms with E-state index in [-0.39, 0.29) is 18.4 Å². The molecule has 2 rings (SSSR count). The Kier molecular flexibility index (Phi) is 8.02. The molecule has 1 amide bonds. The van der Waals surface area contributed by atoms with Crippen molar-refractivity contribution in [3.05, 3.63) is 65.7 Å². The zero-order chi connectivity index (χ0) is 20.6. The summed E-state index contributed by atoms with van der Waals surface area (Å²) in [6, 6.07) is 16.4. The van der Waals surface area contributed by atoms with Crippen LogP contribution in [0.1, 0.15) is 36.9 Å². The predicted molar refractivity (Wildman–Crippen MR) is 111 cm³/mol. The molecule has 152 valence electrons. The number of sulfonamides is 1. The fraction of sp³-hybridized carbons (Fsp3) is 0.381. The zero-order valence-corrected chi connectivity index (χ0v) is 17.3. The number of hydrogen-bond donors (Lipinski definition) is 2. The first kappa shape index (κ1) is 21.9. The lowest BCUT2D eigenvalue weighted by atomic mass is 10.0. The lowest BCUT2D eigenvalue weighted by molar-refractivity contribution is -0.122. The summed E-state index contributed by atoms with van der Waals surface area (Å²) in [5.74, 6) is 0.471. The van der Waals surface area contributed by atoms with E-state index in [2.05, 4.69) is 22.2 Å². The highest BCUT2D eigenvalue weighted by molar-refractivity contribution is 7.88. The third kappa shape index (κ3) is 7.70. The van der Waals surface area contributed by atoms with Gasteiger partial charge >= 0.3 is 0 Å². The van der Waals surface area contributed by atoms with Crippen LogP contribution in [-0.4, -0.2) is 33.7 Å². The smallest absolute Gasteiger partial charge is 0.222 e. The Hall–Kier alpha value is -2.38. The van der Waals surface area contributed by atoms with Gasteiger partial charge in [0.2, 0.25) is 15.9 Å². The van der Waals surface area contributed by atoms with E-state index in [9.17, 15) is 13.2 Å². The summed E-state index contributed by atoms with van der Waals surface area (Å²) in [6.07, 6.45) is 2.78. The molecule has 2 N–H and O–H groups in total. The lowest BCUT2D eigenvalue weighted by Crippen LogP contribution is -2.37. The van der Waals surface area contributed by atoms with Crippen molar-refractivity contribution in [3.63, 3.8) is 0 Å². The van der Waals surface area contributed by atoms with Crippen LogP contribution in [0.5, 0.6) is 5.75 Å². The molecule has 0 spiro atoms. The largest absolute Gasteiger partial charge is 0.497 e. The van der Waals surface area contributed by atoms with E-state index >= 15 is 0 Å². The normalized spacial score (nSPS) is 13.5. The highest BCUT2D eigenvalue weighted by Gasteiger charge is 2.20. The lowest BCUT2D eigenvalue weighted by Gasteiger charge is -2.20. The summed E-state index contributed by atoms with van der Waals surface area (Å²) in [4.78, 5) is 12.5. The molecule has 6 nitrogen and oxygen atoms in total. The molecular formula is C21H28N2O4S. The summed E-state index contributed by atoms with van der Waals surface area (Å²) in [5.41, 5.74) is 1.93. The van der Waals surface area contributed by atoms with Crippen molar-refractivity contribution in [1.82, 2.24) is 10.0 Å². The minimum atomic E-state index is -3.47. The Bertz CT molecular complexity index is 852.